The number of hydrogen-bond donors (Lipinski definition) is 0. The quantitative estimate of drug-likeness (QED) is 0.175. The number of furan rings is 1. The predicted molar refractivity (Wildman–Crippen MR) is 218 cm³/mol. The Morgan fingerprint density at radius 1 is 0.392 bits per heavy atom. The molecule has 2 heterocycles. The zero-order valence-corrected chi connectivity index (χ0v) is 28.5. The van der Waals surface area contributed by atoms with Gasteiger partial charge in [-0.15, -0.1) is 11.3 Å². The van der Waals surface area contributed by atoms with Crippen molar-refractivity contribution in [2.75, 3.05) is 4.90 Å². The van der Waals surface area contributed by atoms with Crippen molar-refractivity contribution < 1.29 is 4.42 Å². The van der Waals surface area contributed by atoms with Crippen LogP contribution in [0.4, 0.5) is 17.1 Å². The van der Waals surface area contributed by atoms with E-state index in [2.05, 4.69) is 193 Å². The molecule has 0 aliphatic carbocycles. The van der Waals surface area contributed by atoms with Gasteiger partial charge in [-0.1, -0.05) is 146 Å². The van der Waals surface area contributed by atoms with Crippen LogP contribution in [-0.4, -0.2) is 0 Å². The van der Waals surface area contributed by atoms with Gasteiger partial charge in [-0.2, -0.15) is 0 Å². The fourth-order valence-electron chi connectivity index (χ4n) is 7.36. The first-order valence-electron chi connectivity index (χ1n) is 17.3. The molecule has 2 aromatic heterocycles. The highest BCUT2D eigenvalue weighted by Gasteiger charge is 2.24. The first kappa shape index (κ1) is 29.5. The average Bonchev–Trinajstić information content (AvgIpc) is 3.78. The normalized spacial score (nSPS) is 11.5. The standard InChI is InChI=1S/C48H31NOS/c1-3-11-32(12-4-1)34-19-21-35(22-20-34)37-25-29-39(30-26-37)49(38-27-23-36(24-28-38)33-13-5-2-6-14-33)43-31-42-40-15-8-10-18-45(40)51-48(42)46-41-16-7-9-17-44(41)50-47(43)46/h1-31H. The Morgan fingerprint density at radius 3 is 1.41 bits per heavy atom. The van der Waals surface area contributed by atoms with Crippen LogP contribution in [0.1, 0.15) is 0 Å². The van der Waals surface area contributed by atoms with Crippen LogP contribution in [0.3, 0.4) is 0 Å². The van der Waals surface area contributed by atoms with E-state index < -0.39 is 0 Å². The van der Waals surface area contributed by atoms with Crippen LogP contribution in [0.2, 0.25) is 0 Å². The summed E-state index contributed by atoms with van der Waals surface area (Å²) >= 11 is 1.84. The van der Waals surface area contributed by atoms with E-state index in [-0.39, 0.29) is 0 Å². The number of hydrogen-bond acceptors (Lipinski definition) is 3. The number of para-hydroxylation sites is 1. The van der Waals surface area contributed by atoms with Crippen molar-refractivity contribution in [2.45, 2.75) is 0 Å². The van der Waals surface area contributed by atoms with Gasteiger partial charge in [0.25, 0.3) is 0 Å². The SMILES string of the molecule is c1ccc(-c2ccc(-c3ccc(N(c4ccc(-c5ccccc5)cc4)c4cc5c6ccccc6sc5c5c4oc4ccccc45)cc3)cc2)cc1. The zero-order chi connectivity index (χ0) is 33.7. The first-order valence-corrected chi connectivity index (χ1v) is 18.1. The fraction of sp³-hybridized carbons (Fsp3) is 0. The van der Waals surface area contributed by atoms with E-state index in [4.69, 9.17) is 4.42 Å². The summed E-state index contributed by atoms with van der Waals surface area (Å²) < 4.78 is 9.34. The Labute approximate surface area is 300 Å². The maximum atomic E-state index is 6.81. The predicted octanol–water partition coefficient (Wildman–Crippen LogP) is 14.4. The summed E-state index contributed by atoms with van der Waals surface area (Å²) in [6, 6.07) is 67.2. The lowest BCUT2D eigenvalue weighted by Crippen LogP contribution is -2.10. The number of thiophene rings is 1. The number of nitrogens with zero attached hydrogens (tertiary/aromatic N) is 1. The molecule has 10 aromatic rings. The Hall–Kier alpha value is -6.42. The minimum absolute atomic E-state index is 0.892. The molecule has 10 rings (SSSR count). The van der Waals surface area contributed by atoms with Gasteiger partial charge in [0.2, 0.25) is 0 Å². The van der Waals surface area contributed by atoms with E-state index in [1.807, 2.05) is 11.3 Å². The maximum Gasteiger partial charge on any atom is 0.160 e. The van der Waals surface area contributed by atoms with Crippen LogP contribution < -0.4 is 4.90 Å². The molecule has 2 nitrogen and oxygen atoms in total. The molecule has 0 radical (unpaired) electrons. The van der Waals surface area contributed by atoms with E-state index in [1.54, 1.807) is 0 Å². The molecule has 0 aliphatic heterocycles. The van der Waals surface area contributed by atoms with Crippen molar-refractivity contribution in [3.63, 3.8) is 0 Å². The second-order valence-corrected chi connectivity index (χ2v) is 14.0. The smallest absolute Gasteiger partial charge is 0.160 e. The topological polar surface area (TPSA) is 16.4 Å². The van der Waals surface area contributed by atoms with Crippen LogP contribution in [0, 0.1) is 0 Å². The highest BCUT2D eigenvalue weighted by molar-refractivity contribution is 7.26. The summed E-state index contributed by atoms with van der Waals surface area (Å²) in [5, 5.41) is 4.81. The number of benzene rings is 8. The lowest BCUT2D eigenvalue weighted by molar-refractivity contribution is 0.669. The Bertz CT molecular complexity index is 2810. The largest absolute Gasteiger partial charge is 0.454 e. The Morgan fingerprint density at radius 2 is 0.843 bits per heavy atom. The summed E-state index contributed by atoms with van der Waals surface area (Å²) in [7, 11) is 0. The number of anilines is 3. The van der Waals surface area contributed by atoms with Gasteiger partial charge >= 0.3 is 0 Å². The molecule has 0 saturated carbocycles. The second kappa shape index (κ2) is 12.2. The molecule has 0 aliphatic rings. The van der Waals surface area contributed by atoms with Gasteiger partial charge in [0.05, 0.1) is 5.69 Å². The lowest BCUT2D eigenvalue weighted by Gasteiger charge is -2.26. The minimum atomic E-state index is 0.892. The molecule has 3 heteroatoms. The molecule has 0 N–H and O–H groups in total. The average molecular weight is 670 g/mol. The molecule has 0 bridgehead atoms. The third kappa shape index (κ3) is 5.10. The first-order chi connectivity index (χ1) is 25.3. The molecular formula is C48H31NOS. The van der Waals surface area contributed by atoms with Gasteiger partial charge in [0.15, 0.2) is 5.58 Å². The summed E-state index contributed by atoms with van der Waals surface area (Å²) in [4.78, 5) is 2.35. The number of fused-ring (bicyclic) bond motifs is 7. The molecule has 0 saturated heterocycles. The van der Waals surface area contributed by atoms with E-state index in [9.17, 15) is 0 Å². The van der Waals surface area contributed by atoms with Crippen LogP contribution in [0.15, 0.2) is 192 Å². The van der Waals surface area contributed by atoms with E-state index >= 15 is 0 Å². The molecule has 0 amide bonds. The van der Waals surface area contributed by atoms with E-state index in [1.165, 1.54) is 58.9 Å². The van der Waals surface area contributed by atoms with Crippen LogP contribution in [0.5, 0.6) is 0 Å². The molecule has 240 valence electrons. The molecular weight excluding hydrogens is 639 g/mol. The van der Waals surface area contributed by atoms with Crippen LogP contribution in [-0.2, 0) is 0 Å². The highest BCUT2D eigenvalue weighted by atomic mass is 32.1. The highest BCUT2D eigenvalue weighted by Crippen LogP contribution is 2.49. The van der Waals surface area contributed by atoms with Crippen LogP contribution >= 0.6 is 11.3 Å². The van der Waals surface area contributed by atoms with E-state index in [0.29, 0.717) is 0 Å². The fourth-order valence-corrected chi connectivity index (χ4v) is 8.60. The van der Waals surface area contributed by atoms with Crippen molar-refractivity contribution in [1.29, 1.82) is 0 Å². The van der Waals surface area contributed by atoms with Crippen molar-refractivity contribution in [3.8, 4) is 33.4 Å². The molecule has 0 atom stereocenters. The van der Waals surface area contributed by atoms with Crippen LogP contribution in [0.25, 0.3) is 75.5 Å². The lowest BCUT2D eigenvalue weighted by atomic mass is 10.00. The van der Waals surface area contributed by atoms with Gasteiger partial charge in [0.1, 0.15) is 5.58 Å². The molecule has 0 fully saturated rings. The van der Waals surface area contributed by atoms with Gasteiger partial charge in [-0.25, -0.2) is 0 Å². The molecule has 0 spiro atoms. The Balaban J connectivity index is 1.16. The molecule has 0 unspecified atom stereocenters. The number of rotatable bonds is 6. The van der Waals surface area contributed by atoms with Crippen molar-refractivity contribution >= 4 is 70.5 Å². The second-order valence-electron chi connectivity index (χ2n) is 12.9. The third-order valence-electron chi connectivity index (χ3n) is 9.89. The monoisotopic (exact) mass is 669 g/mol. The Kier molecular flexibility index (Phi) is 7.04. The third-order valence-corrected chi connectivity index (χ3v) is 11.1. The van der Waals surface area contributed by atoms with Crippen molar-refractivity contribution in [2.24, 2.45) is 0 Å². The summed E-state index contributed by atoms with van der Waals surface area (Å²) in [6.45, 7) is 0. The maximum absolute atomic E-state index is 6.81. The molecule has 8 aromatic carbocycles. The summed E-state index contributed by atoms with van der Waals surface area (Å²) in [5.74, 6) is 0. The van der Waals surface area contributed by atoms with E-state index in [0.717, 1.165) is 33.6 Å². The van der Waals surface area contributed by atoms with Crippen molar-refractivity contribution in [3.05, 3.63) is 188 Å². The van der Waals surface area contributed by atoms with Gasteiger partial charge in [-0.05, 0) is 75.8 Å². The van der Waals surface area contributed by atoms with Gasteiger partial charge in [-0.3, -0.25) is 0 Å². The van der Waals surface area contributed by atoms with Gasteiger partial charge in [0, 0.05) is 42.3 Å². The summed E-state index contributed by atoms with van der Waals surface area (Å²) in [5.41, 5.74) is 12.1. The molecule has 51 heavy (non-hydrogen) atoms. The van der Waals surface area contributed by atoms with Crippen molar-refractivity contribution in [1.82, 2.24) is 0 Å². The van der Waals surface area contributed by atoms with Gasteiger partial charge < -0.3 is 9.32 Å². The zero-order valence-electron chi connectivity index (χ0n) is 27.7. The minimum Gasteiger partial charge on any atom is -0.454 e. The summed E-state index contributed by atoms with van der Waals surface area (Å²) in [6.07, 6.45) is 0.